The molecule has 0 aliphatic heterocycles. The van der Waals surface area contributed by atoms with Gasteiger partial charge >= 0.3 is 0 Å². The van der Waals surface area contributed by atoms with E-state index in [1.165, 1.54) is 6.92 Å². The zero-order valence-electron chi connectivity index (χ0n) is 4.01. The van der Waals surface area contributed by atoms with Crippen LogP contribution in [0.25, 0.3) is 0 Å². The van der Waals surface area contributed by atoms with Gasteiger partial charge < -0.3 is 0 Å². The first kappa shape index (κ1) is 6.87. The highest BCUT2D eigenvalue weighted by Gasteiger charge is 1.98. The van der Waals surface area contributed by atoms with Crippen molar-refractivity contribution in [1.82, 2.24) is 4.83 Å². The Morgan fingerprint density at radius 2 is 2.14 bits per heavy atom. The molecule has 7 heavy (non-hydrogen) atoms. The molecule has 0 amide bonds. The van der Waals surface area contributed by atoms with Gasteiger partial charge in [-0.1, -0.05) is 0 Å². The first-order chi connectivity index (χ1) is 3.12. The lowest BCUT2D eigenvalue weighted by Crippen LogP contribution is -2.31. The second-order valence-corrected chi connectivity index (χ2v) is 3.06. The van der Waals surface area contributed by atoms with Crippen LogP contribution in [0.15, 0.2) is 0 Å². The first-order valence-corrected chi connectivity index (χ1v) is 3.47. The number of rotatable bonds is 2. The normalized spacial score (nSPS) is 11.7. The summed E-state index contributed by atoms with van der Waals surface area (Å²) in [5.74, 6) is 4.61. The van der Waals surface area contributed by atoms with E-state index in [1.807, 2.05) is 0 Å². The molecule has 3 N–H and O–H groups in total. The van der Waals surface area contributed by atoms with Gasteiger partial charge in [-0.25, -0.2) is 8.42 Å². The molecule has 0 aliphatic rings. The molecule has 0 aromatic heterocycles. The molecular weight excluding hydrogens is 116 g/mol. The molecule has 0 atom stereocenters. The summed E-state index contributed by atoms with van der Waals surface area (Å²) in [5, 5.41) is 0. The fourth-order valence-corrected chi connectivity index (χ4v) is 0.250. The largest absolute Gasteiger partial charge is 0.258 e. The minimum atomic E-state index is -3.13. The second kappa shape index (κ2) is 2.25. The molecule has 0 heterocycles. The highest BCUT2D eigenvalue weighted by Crippen LogP contribution is 1.73. The van der Waals surface area contributed by atoms with Crippen LogP contribution < -0.4 is 10.7 Å². The molecule has 0 saturated carbocycles. The SMILES string of the molecule is CCS(=O)(=O)NN. The summed E-state index contributed by atoms with van der Waals surface area (Å²) in [6.45, 7) is 1.51. The van der Waals surface area contributed by atoms with Gasteiger partial charge in [0.2, 0.25) is 10.0 Å². The van der Waals surface area contributed by atoms with E-state index in [0.717, 1.165) is 0 Å². The van der Waals surface area contributed by atoms with Gasteiger partial charge in [-0.05, 0) is 6.92 Å². The first-order valence-electron chi connectivity index (χ1n) is 1.82. The molecule has 0 unspecified atom stereocenters. The van der Waals surface area contributed by atoms with E-state index >= 15 is 0 Å². The van der Waals surface area contributed by atoms with Crippen LogP contribution in [0.5, 0.6) is 0 Å². The smallest absolute Gasteiger partial charge is 0.223 e. The van der Waals surface area contributed by atoms with Crippen LogP contribution >= 0.6 is 0 Å². The Balaban J connectivity index is 3.89. The van der Waals surface area contributed by atoms with Crippen molar-refractivity contribution in [2.24, 2.45) is 5.84 Å². The van der Waals surface area contributed by atoms with E-state index in [-0.39, 0.29) is 5.75 Å². The molecule has 4 nitrogen and oxygen atoms in total. The average Bonchev–Trinajstić information content (AvgIpc) is 1.68. The Labute approximate surface area is 42.7 Å². The van der Waals surface area contributed by atoms with Crippen molar-refractivity contribution < 1.29 is 8.42 Å². The molecule has 0 fully saturated rings. The van der Waals surface area contributed by atoms with Crippen molar-refractivity contribution >= 4 is 10.0 Å². The third-order valence-electron chi connectivity index (χ3n) is 0.560. The Kier molecular flexibility index (Phi) is 2.21. The van der Waals surface area contributed by atoms with Gasteiger partial charge in [-0.3, -0.25) is 5.84 Å². The molecule has 0 spiro atoms. The summed E-state index contributed by atoms with van der Waals surface area (Å²) in [5.41, 5.74) is 0. The maximum atomic E-state index is 10.1. The van der Waals surface area contributed by atoms with Gasteiger partial charge in [0.25, 0.3) is 0 Å². The summed E-state index contributed by atoms with van der Waals surface area (Å²) in [6.07, 6.45) is 0. The van der Waals surface area contributed by atoms with Gasteiger partial charge in [0.1, 0.15) is 0 Å². The minimum absolute atomic E-state index is 0.0312. The quantitative estimate of drug-likeness (QED) is 0.359. The van der Waals surface area contributed by atoms with Gasteiger partial charge in [-0.15, -0.1) is 0 Å². The number of sulfonamides is 1. The third kappa shape index (κ3) is 2.55. The molecule has 0 aliphatic carbocycles. The Hall–Kier alpha value is -0.130. The lowest BCUT2D eigenvalue weighted by atomic mass is 11.0. The molecular formula is C2H8N2O2S. The van der Waals surface area contributed by atoms with Crippen molar-refractivity contribution in [1.29, 1.82) is 0 Å². The molecule has 5 heteroatoms. The van der Waals surface area contributed by atoms with E-state index in [2.05, 4.69) is 5.84 Å². The lowest BCUT2D eigenvalue weighted by Gasteiger charge is -1.92. The van der Waals surface area contributed by atoms with Crippen LogP contribution in [0, 0.1) is 0 Å². The number of hydrogen-bond acceptors (Lipinski definition) is 3. The van der Waals surface area contributed by atoms with Crippen LogP contribution in [0.4, 0.5) is 0 Å². The van der Waals surface area contributed by atoms with Crippen molar-refractivity contribution in [3.8, 4) is 0 Å². The third-order valence-corrected chi connectivity index (χ3v) is 1.68. The summed E-state index contributed by atoms with van der Waals surface area (Å²) in [7, 11) is -3.13. The second-order valence-electron chi connectivity index (χ2n) is 1.02. The highest BCUT2D eigenvalue weighted by molar-refractivity contribution is 7.89. The zero-order valence-corrected chi connectivity index (χ0v) is 4.83. The fourth-order valence-electron chi connectivity index (χ4n) is 0.0833. The van der Waals surface area contributed by atoms with Crippen LogP contribution in [0.1, 0.15) is 6.92 Å². The van der Waals surface area contributed by atoms with E-state index in [1.54, 1.807) is 4.83 Å². The number of nitrogens with two attached hydrogens (primary N) is 1. The number of hydrogen-bond donors (Lipinski definition) is 2. The summed E-state index contributed by atoms with van der Waals surface area (Å²) < 4.78 is 20.3. The molecule has 0 aromatic carbocycles. The van der Waals surface area contributed by atoms with Gasteiger partial charge in [-0.2, -0.15) is 4.83 Å². The predicted octanol–water partition coefficient (Wildman–Crippen LogP) is -1.20. The van der Waals surface area contributed by atoms with Gasteiger partial charge in [0.15, 0.2) is 0 Å². The molecule has 44 valence electrons. The summed E-state index contributed by atoms with van der Waals surface area (Å²) in [6, 6.07) is 0. The summed E-state index contributed by atoms with van der Waals surface area (Å²) >= 11 is 0. The molecule has 0 bridgehead atoms. The van der Waals surface area contributed by atoms with Crippen molar-refractivity contribution in [3.63, 3.8) is 0 Å². The van der Waals surface area contributed by atoms with E-state index in [0.29, 0.717) is 0 Å². The zero-order chi connectivity index (χ0) is 5.91. The average molecular weight is 124 g/mol. The molecule has 0 saturated heterocycles. The standard InChI is InChI=1S/C2H8N2O2S/c1-2-7(5,6)4-3/h4H,2-3H2,1H3. The van der Waals surface area contributed by atoms with Crippen molar-refractivity contribution in [2.75, 3.05) is 5.75 Å². The van der Waals surface area contributed by atoms with Crippen molar-refractivity contribution in [2.45, 2.75) is 6.92 Å². The minimum Gasteiger partial charge on any atom is -0.258 e. The van der Waals surface area contributed by atoms with Crippen LogP contribution in [0.3, 0.4) is 0 Å². The Morgan fingerprint density at radius 3 is 2.14 bits per heavy atom. The fraction of sp³-hybridized carbons (Fsp3) is 1.00. The molecule has 0 aromatic rings. The van der Waals surface area contributed by atoms with E-state index in [9.17, 15) is 8.42 Å². The van der Waals surface area contributed by atoms with Crippen LogP contribution in [-0.2, 0) is 10.0 Å². The van der Waals surface area contributed by atoms with Crippen molar-refractivity contribution in [3.05, 3.63) is 0 Å². The number of hydrazine groups is 1. The Bertz CT molecular complexity index is 117. The Morgan fingerprint density at radius 1 is 1.71 bits per heavy atom. The maximum absolute atomic E-state index is 10.1. The number of nitrogens with one attached hydrogen (secondary N) is 1. The lowest BCUT2D eigenvalue weighted by molar-refractivity contribution is 0.585. The van der Waals surface area contributed by atoms with Crippen LogP contribution in [-0.4, -0.2) is 14.2 Å². The molecule has 0 rings (SSSR count). The van der Waals surface area contributed by atoms with E-state index in [4.69, 9.17) is 0 Å². The predicted molar refractivity (Wildman–Crippen MR) is 26.8 cm³/mol. The maximum Gasteiger partial charge on any atom is 0.223 e. The monoisotopic (exact) mass is 124 g/mol. The summed E-state index contributed by atoms with van der Waals surface area (Å²) in [4.78, 5) is 1.66. The highest BCUT2D eigenvalue weighted by atomic mass is 32.2. The van der Waals surface area contributed by atoms with Gasteiger partial charge in [0, 0.05) is 0 Å². The van der Waals surface area contributed by atoms with E-state index < -0.39 is 10.0 Å². The van der Waals surface area contributed by atoms with Gasteiger partial charge in [0.05, 0.1) is 5.75 Å². The topological polar surface area (TPSA) is 72.2 Å². The van der Waals surface area contributed by atoms with Crippen LogP contribution in [0.2, 0.25) is 0 Å². The molecule has 0 radical (unpaired) electrons.